The SMILES string of the molecule is CCCCCCCCCCCCCCC(C)CCCCCCCC(C)CCCC(C)C(C)=O. The van der Waals surface area contributed by atoms with Crippen LogP contribution in [0.2, 0.25) is 0 Å². The predicted octanol–water partition coefficient (Wildman–Crippen LogP) is 11.5. The van der Waals surface area contributed by atoms with Gasteiger partial charge in [0.05, 0.1) is 0 Å². The van der Waals surface area contributed by atoms with Crippen LogP contribution in [0.3, 0.4) is 0 Å². The van der Waals surface area contributed by atoms with E-state index in [4.69, 9.17) is 0 Å². The second-order valence-corrected chi connectivity index (χ2v) is 11.7. The molecular weight excluding hydrogens is 400 g/mol. The molecule has 0 aromatic rings. The van der Waals surface area contributed by atoms with Crippen molar-refractivity contribution >= 4 is 5.78 Å². The fraction of sp³-hybridized carbons (Fsp3) is 0.969. The molecule has 0 aromatic heterocycles. The lowest BCUT2D eigenvalue weighted by Gasteiger charge is -2.13. The van der Waals surface area contributed by atoms with Crippen molar-refractivity contribution < 1.29 is 4.79 Å². The van der Waals surface area contributed by atoms with Crippen LogP contribution in [-0.4, -0.2) is 5.78 Å². The molecule has 0 saturated heterocycles. The van der Waals surface area contributed by atoms with E-state index in [0.717, 1.165) is 18.3 Å². The summed E-state index contributed by atoms with van der Waals surface area (Å²) in [6.45, 7) is 11.0. The predicted molar refractivity (Wildman–Crippen MR) is 150 cm³/mol. The first-order valence-electron chi connectivity index (χ1n) is 15.5. The van der Waals surface area contributed by atoms with Crippen LogP contribution in [0, 0.1) is 17.8 Å². The van der Waals surface area contributed by atoms with Gasteiger partial charge in [-0.05, 0) is 25.2 Å². The first-order chi connectivity index (χ1) is 16.0. The number of carbonyl (C=O) groups is 1. The zero-order valence-corrected chi connectivity index (χ0v) is 23.9. The zero-order valence-electron chi connectivity index (χ0n) is 23.9. The van der Waals surface area contributed by atoms with E-state index in [1.165, 1.54) is 141 Å². The highest BCUT2D eigenvalue weighted by Gasteiger charge is 2.09. The summed E-state index contributed by atoms with van der Waals surface area (Å²) in [5, 5.41) is 0. The number of hydrogen-bond acceptors (Lipinski definition) is 1. The first kappa shape index (κ1) is 32.7. The van der Waals surface area contributed by atoms with E-state index in [1.54, 1.807) is 6.92 Å². The van der Waals surface area contributed by atoms with Crippen molar-refractivity contribution in [1.29, 1.82) is 0 Å². The van der Waals surface area contributed by atoms with Gasteiger partial charge in [0.25, 0.3) is 0 Å². The van der Waals surface area contributed by atoms with Crippen LogP contribution in [0.1, 0.15) is 182 Å². The third-order valence-corrected chi connectivity index (χ3v) is 7.97. The van der Waals surface area contributed by atoms with E-state index in [0.29, 0.717) is 5.78 Å². The maximum atomic E-state index is 11.3. The molecule has 0 spiro atoms. The highest BCUT2D eigenvalue weighted by molar-refractivity contribution is 5.77. The van der Waals surface area contributed by atoms with Gasteiger partial charge in [0.15, 0.2) is 0 Å². The van der Waals surface area contributed by atoms with Gasteiger partial charge in [-0.3, -0.25) is 4.79 Å². The Morgan fingerprint density at radius 1 is 0.455 bits per heavy atom. The monoisotopic (exact) mass is 464 g/mol. The Morgan fingerprint density at radius 3 is 1.09 bits per heavy atom. The van der Waals surface area contributed by atoms with Gasteiger partial charge in [-0.15, -0.1) is 0 Å². The highest BCUT2D eigenvalue weighted by atomic mass is 16.1. The third kappa shape index (κ3) is 24.6. The molecule has 0 rings (SSSR count). The van der Waals surface area contributed by atoms with Crippen molar-refractivity contribution in [2.24, 2.45) is 17.8 Å². The number of hydrogen-bond donors (Lipinski definition) is 0. The van der Waals surface area contributed by atoms with Crippen molar-refractivity contribution in [3.8, 4) is 0 Å². The van der Waals surface area contributed by atoms with Crippen LogP contribution in [0.4, 0.5) is 0 Å². The molecule has 0 fully saturated rings. The second-order valence-electron chi connectivity index (χ2n) is 11.7. The molecule has 0 heterocycles. The minimum atomic E-state index is 0.263. The smallest absolute Gasteiger partial charge is 0.132 e. The van der Waals surface area contributed by atoms with E-state index in [2.05, 4.69) is 27.7 Å². The number of unbranched alkanes of at least 4 members (excludes halogenated alkanes) is 15. The van der Waals surface area contributed by atoms with Crippen molar-refractivity contribution in [2.75, 3.05) is 0 Å². The van der Waals surface area contributed by atoms with Crippen molar-refractivity contribution in [2.45, 2.75) is 182 Å². The van der Waals surface area contributed by atoms with Crippen molar-refractivity contribution in [1.82, 2.24) is 0 Å². The number of Topliss-reactive ketones (excluding diaryl/α,β-unsaturated/α-hetero) is 1. The molecule has 0 aliphatic heterocycles. The summed E-state index contributed by atoms with van der Waals surface area (Å²) < 4.78 is 0. The van der Waals surface area contributed by atoms with Gasteiger partial charge in [-0.25, -0.2) is 0 Å². The molecule has 3 atom stereocenters. The lowest BCUT2D eigenvalue weighted by atomic mass is 9.93. The van der Waals surface area contributed by atoms with Crippen LogP contribution in [0.15, 0.2) is 0 Å². The topological polar surface area (TPSA) is 17.1 Å². The van der Waals surface area contributed by atoms with E-state index >= 15 is 0 Å². The normalized spacial score (nSPS) is 14.3. The summed E-state index contributed by atoms with van der Waals surface area (Å²) >= 11 is 0. The second kappa shape index (κ2) is 24.8. The average Bonchev–Trinajstić information content (AvgIpc) is 2.79. The molecule has 3 unspecified atom stereocenters. The van der Waals surface area contributed by atoms with Crippen LogP contribution < -0.4 is 0 Å². The van der Waals surface area contributed by atoms with Crippen LogP contribution in [0.5, 0.6) is 0 Å². The van der Waals surface area contributed by atoms with E-state index in [9.17, 15) is 4.79 Å². The Bertz CT molecular complexity index is 401. The summed E-state index contributed by atoms with van der Waals surface area (Å²) in [4.78, 5) is 11.3. The standard InChI is InChI=1S/C32H64O/c1-6-7-8-9-10-11-12-13-14-15-17-20-24-29(2)25-21-18-16-19-22-26-30(3)27-23-28-31(4)32(5)33/h29-31H,6-28H2,1-5H3. The number of ketones is 1. The molecule has 0 aliphatic rings. The molecule has 0 bridgehead atoms. The Labute approximate surface area is 210 Å². The van der Waals surface area contributed by atoms with Crippen molar-refractivity contribution in [3.05, 3.63) is 0 Å². The van der Waals surface area contributed by atoms with Gasteiger partial charge < -0.3 is 0 Å². The Kier molecular flexibility index (Phi) is 24.5. The fourth-order valence-electron chi connectivity index (χ4n) is 5.11. The molecule has 1 nitrogen and oxygen atoms in total. The fourth-order valence-corrected chi connectivity index (χ4v) is 5.11. The van der Waals surface area contributed by atoms with Gasteiger partial charge >= 0.3 is 0 Å². The molecule has 0 N–H and O–H groups in total. The quantitative estimate of drug-likeness (QED) is 0.116. The molecule has 0 amide bonds. The highest BCUT2D eigenvalue weighted by Crippen LogP contribution is 2.21. The largest absolute Gasteiger partial charge is 0.300 e. The Balaban J connectivity index is 3.30. The van der Waals surface area contributed by atoms with Crippen molar-refractivity contribution in [3.63, 3.8) is 0 Å². The molecule has 0 radical (unpaired) electrons. The summed E-state index contributed by atoms with van der Waals surface area (Å²) in [6, 6.07) is 0. The Morgan fingerprint density at radius 2 is 0.758 bits per heavy atom. The molecule has 198 valence electrons. The van der Waals surface area contributed by atoms with E-state index in [-0.39, 0.29) is 5.92 Å². The van der Waals surface area contributed by atoms with Gasteiger partial charge in [-0.2, -0.15) is 0 Å². The molecule has 0 aliphatic carbocycles. The van der Waals surface area contributed by atoms with Gasteiger partial charge in [0.2, 0.25) is 0 Å². The van der Waals surface area contributed by atoms with Gasteiger partial charge in [0, 0.05) is 5.92 Å². The summed E-state index contributed by atoms with van der Waals surface area (Å²) in [7, 11) is 0. The van der Waals surface area contributed by atoms with E-state index < -0.39 is 0 Å². The van der Waals surface area contributed by atoms with Crippen LogP contribution >= 0.6 is 0 Å². The van der Waals surface area contributed by atoms with Gasteiger partial charge in [-0.1, -0.05) is 169 Å². The number of rotatable bonds is 26. The first-order valence-corrected chi connectivity index (χ1v) is 15.5. The summed E-state index contributed by atoms with van der Waals surface area (Å²) in [5.74, 6) is 2.38. The lowest BCUT2D eigenvalue weighted by Crippen LogP contribution is -2.06. The third-order valence-electron chi connectivity index (χ3n) is 7.97. The summed E-state index contributed by atoms with van der Waals surface area (Å²) in [5.41, 5.74) is 0. The maximum Gasteiger partial charge on any atom is 0.132 e. The molecular formula is C32H64O. The summed E-state index contributed by atoms with van der Waals surface area (Å²) in [6.07, 6.45) is 32.5. The van der Waals surface area contributed by atoms with Gasteiger partial charge in [0.1, 0.15) is 5.78 Å². The number of carbonyl (C=O) groups excluding carboxylic acids is 1. The zero-order chi connectivity index (χ0) is 24.6. The van der Waals surface area contributed by atoms with E-state index in [1.807, 2.05) is 0 Å². The van der Waals surface area contributed by atoms with Crippen LogP contribution in [-0.2, 0) is 4.79 Å². The Hall–Kier alpha value is -0.330. The molecule has 0 saturated carbocycles. The average molecular weight is 465 g/mol. The lowest BCUT2D eigenvalue weighted by molar-refractivity contribution is -0.120. The molecule has 1 heteroatoms. The van der Waals surface area contributed by atoms with Crippen LogP contribution in [0.25, 0.3) is 0 Å². The minimum Gasteiger partial charge on any atom is -0.300 e. The maximum absolute atomic E-state index is 11.3. The molecule has 33 heavy (non-hydrogen) atoms. The minimum absolute atomic E-state index is 0.263. The molecule has 0 aromatic carbocycles.